The van der Waals surface area contributed by atoms with Crippen LogP contribution in [0, 0.1) is 0 Å². The van der Waals surface area contributed by atoms with Crippen LogP contribution in [-0.2, 0) is 22.3 Å². The summed E-state index contributed by atoms with van der Waals surface area (Å²) in [5.74, 6) is -2.51. The summed E-state index contributed by atoms with van der Waals surface area (Å²) in [7, 11) is 0. The number of rotatable bonds is 9. The van der Waals surface area contributed by atoms with E-state index in [1.165, 1.54) is 12.1 Å². The van der Waals surface area contributed by atoms with Crippen molar-refractivity contribution in [1.82, 2.24) is 10.2 Å². The molecule has 0 spiro atoms. The molecule has 0 unspecified atom stereocenters. The van der Waals surface area contributed by atoms with E-state index in [1.807, 2.05) is 0 Å². The van der Waals surface area contributed by atoms with E-state index in [9.17, 15) is 22.8 Å². The molecule has 0 bridgehead atoms. The Bertz CT molecular complexity index is 701. The van der Waals surface area contributed by atoms with E-state index < -0.39 is 23.7 Å². The topological polar surface area (TPSA) is 89.9 Å². The number of hydrogen-bond acceptors (Lipinski definition) is 4. The van der Waals surface area contributed by atoms with Gasteiger partial charge in [0.05, 0.1) is 5.56 Å². The minimum atomic E-state index is -4.28. The first-order valence-corrected chi connectivity index (χ1v) is 10.4. The van der Waals surface area contributed by atoms with Crippen LogP contribution in [0.4, 0.5) is 13.2 Å². The lowest BCUT2D eigenvalue weighted by Gasteiger charge is -2.35. The molecule has 1 aliphatic rings. The molecule has 9 heteroatoms. The van der Waals surface area contributed by atoms with Crippen molar-refractivity contribution in [2.75, 3.05) is 19.6 Å². The van der Waals surface area contributed by atoms with E-state index in [0.717, 1.165) is 51.7 Å². The quantitative estimate of drug-likeness (QED) is 0.391. The van der Waals surface area contributed by atoms with Gasteiger partial charge < -0.3 is 15.5 Å². The van der Waals surface area contributed by atoms with Gasteiger partial charge in [0.1, 0.15) is 0 Å². The van der Waals surface area contributed by atoms with Gasteiger partial charge in [-0.2, -0.15) is 13.2 Å². The number of carbonyl (C=O) groups is 2. The molecule has 0 aliphatic carbocycles. The number of halogens is 3. The van der Waals surface area contributed by atoms with Gasteiger partial charge in [-0.05, 0) is 50.5 Å². The summed E-state index contributed by atoms with van der Waals surface area (Å²) in [4.78, 5) is 21.4. The summed E-state index contributed by atoms with van der Waals surface area (Å²) in [6.45, 7) is 5.33. The van der Waals surface area contributed by atoms with Crippen LogP contribution in [0.5, 0.6) is 0 Å². The molecule has 1 aromatic carbocycles. The molecule has 1 fully saturated rings. The second-order valence-corrected chi connectivity index (χ2v) is 7.32. The molecule has 6 nitrogen and oxygen atoms in total. The molecule has 2 rings (SSSR count). The lowest BCUT2D eigenvalue weighted by molar-refractivity contribution is -0.138. The summed E-state index contributed by atoms with van der Waals surface area (Å²) >= 11 is 0. The standard InChI is InChI=1S/C18H27F3N2.C4H4O4/c1-2-3-6-13-23(16-9-11-22-12-10-16)14-15-7-4-5-8-17(15)18(19,20)21;5-3(6)1-2-4(7)8/h4-5,7-8,16,22H,2-3,6,9-14H2,1H3;1-2H,(H,5,6)(H,7,8). The zero-order valence-electron chi connectivity index (χ0n) is 17.7. The maximum atomic E-state index is 13.2. The number of nitrogens with zero attached hydrogens (tertiary/aromatic N) is 1. The average Bonchev–Trinajstić information content (AvgIpc) is 2.72. The van der Waals surface area contributed by atoms with Crippen LogP contribution >= 0.6 is 0 Å². The third-order valence-electron chi connectivity index (χ3n) is 4.94. The van der Waals surface area contributed by atoms with Gasteiger partial charge in [0, 0.05) is 24.7 Å². The predicted octanol–water partition coefficient (Wildman–Crippen LogP) is 4.16. The Labute approximate surface area is 180 Å². The summed E-state index contributed by atoms with van der Waals surface area (Å²) in [6, 6.07) is 6.38. The van der Waals surface area contributed by atoms with Crippen LogP contribution in [0.3, 0.4) is 0 Å². The molecule has 0 saturated carbocycles. The highest BCUT2D eigenvalue weighted by molar-refractivity contribution is 5.89. The van der Waals surface area contributed by atoms with Crippen molar-refractivity contribution >= 4 is 11.9 Å². The van der Waals surface area contributed by atoms with Crippen molar-refractivity contribution in [1.29, 1.82) is 0 Å². The fraction of sp³-hybridized carbons (Fsp3) is 0.545. The minimum Gasteiger partial charge on any atom is -0.478 e. The molecular formula is C22H31F3N2O4. The van der Waals surface area contributed by atoms with Crippen molar-refractivity contribution in [3.63, 3.8) is 0 Å². The molecule has 0 atom stereocenters. The molecule has 1 heterocycles. The molecule has 174 valence electrons. The number of nitrogens with one attached hydrogen (secondary N) is 1. The molecule has 0 aromatic heterocycles. The first kappa shape index (κ1) is 26.6. The Kier molecular flexibility index (Phi) is 11.9. The maximum Gasteiger partial charge on any atom is 0.416 e. The van der Waals surface area contributed by atoms with Crippen LogP contribution in [0.15, 0.2) is 36.4 Å². The number of carboxylic acids is 2. The maximum absolute atomic E-state index is 13.2. The van der Waals surface area contributed by atoms with Crippen molar-refractivity contribution in [3.8, 4) is 0 Å². The van der Waals surface area contributed by atoms with Gasteiger partial charge in [-0.25, -0.2) is 9.59 Å². The predicted molar refractivity (Wildman–Crippen MR) is 112 cm³/mol. The van der Waals surface area contributed by atoms with Crippen LogP contribution < -0.4 is 5.32 Å². The molecule has 1 saturated heterocycles. The van der Waals surface area contributed by atoms with E-state index in [-0.39, 0.29) is 0 Å². The summed E-state index contributed by atoms with van der Waals surface area (Å²) in [5, 5.41) is 19.0. The monoisotopic (exact) mass is 444 g/mol. The highest BCUT2D eigenvalue weighted by Gasteiger charge is 2.33. The molecule has 1 aliphatic heterocycles. The molecule has 31 heavy (non-hydrogen) atoms. The number of benzene rings is 1. The lowest BCUT2D eigenvalue weighted by atomic mass is 10.0. The van der Waals surface area contributed by atoms with E-state index in [4.69, 9.17) is 10.2 Å². The Hall–Kier alpha value is -2.39. The molecule has 3 N–H and O–H groups in total. The van der Waals surface area contributed by atoms with Crippen LogP contribution in [0.25, 0.3) is 0 Å². The third-order valence-corrected chi connectivity index (χ3v) is 4.94. The van der Waals surface area contributed by atoms with Gasteiger partial charge in [-0.1, -0.05) is 38.0 Å². The summed E-state index contributed by atoms with van der Waals surface area (Å²) in [5.41, 5.74) is -0.0931. The number of unbranched alkanes of at least 4 members (excludes halogenated alkanes) is 2. The fourth-order valence-corrected chi connectivity index (χ4v) is 3.42. The normalized spacial score (nSPS) is 15.0. The van der Waals surface area contributed by atoms with Crippen LogP contribution in [0.2, 0.25) is 0 Å². The Morgan fingerprint density at radius 2 is 1.68 bits per heavy atom. The Balaban J connectivity index is 0.000000512. The first-order valence-electron chi connectivity index (χ1n) is 10.4. The van der Waals surface area contributed by atoms with E-state index in [1.54, 1.807) is 12.1 Å². The van der Waals surface area contributed by atoms with Gasteiger partial charge in [0.15, 0.2) is 0 Å². The smallest absolute Gasteiger partial charge is 0.416 e. The second-order valence-electron chi connectivity index (χ2n) is 7.32. The van der Waals surface area contributed by atoms with Crippen molar-refractivity contribution in [3.05, 3.63) is 47.5 Å². The SMILES string of the molecule is CCCCCN(Cc1ccccc1C(F)(F)F)C1CCNCC1.O=C(O)C=CC(=O)O. The molecule has 0 radical (unpaired) electrons. The average molecular weight is 444 g/mol. The minimum absolute atomic E-state index is 0.384. The molecular weight excluding hydrogens is 413 g/mol. The largest absolute Gasteiger partial charge is 0.478 e. The number of piperidine rings is 1. The molecule has 1 aromatic rings. The lowest BCUT2D eigenvalue weighted by Crippen LogP contribution is -2.43. The van der Waals surface area contributed by atoms with Crippen LogP contribution in [0.1, 0.15) is 50.2 Å². The van der Waals surface area contributed by atoms with Gasteiger partial charge >= 0.3 is 18.1 Å². The second kappa shape index (κ2) is 13.8. The zero-order valence-corrected chi connectivity index (χ0v) is 17.7. The number of hydrogen-bond donors (Lipinski definition) is 3. The summed E-state index contributed by atoms with van der Waals surface area (Å²) < 4.78 is 39.7. The van der Waals surface area contributed by atoms with Gasteiger partial charge in [0.2, 0.25) is 0 Å². The van der Waals surface area contributed by atoms with Crippen molar-refractivity contribution in [2.24, 2.45) is 0 Å². The van der Waals surface area contributed by atoms with Crippen LogP contribution in [-0.4, -0.2) is 52.7 Å². The summed E-state index contributed by atoms with van der Waals surface area (Å²) in [6.07, 6.45) is 2.17. The van der Waals surface area contributed by atoms with Gasteiger partial charge in [-0.15, -0.1) is 0 Å². The van der Waals surface area contributed by atoms with Crippen molar-refractivity contribution < 1.29 is 33.0 Å². The van der Waals surface area contributed by atoms with Gasteiger partial charge in [0.25, 0.3) is 0 Å². The molecule has 0 amide bonds. The van der Waals surface area contributed by atoms with E-state index in [0.29, 0.717) is 30.3 Å². The Morgan fingerprint density at radius 3 is 2.19 bits per heavy atom. The highest BCUT2D eigenvalue weighted by atomic mass is 19.4. The van der Waals surface area contributed by atoms with Crippen molar-refractivity contribution in [2.45, 2.75) is 57.8 Å². The van der Waals surface area contributed by atoms with E-state index in [2.05, 4.69) is 17.1 Å². The number of alkyl halides is 3. The number of carboxylic acid groups (broad SMARTS) is 2. The number of aliphatic carboxylic acids is 2. The first-order chi connectivity index (χ1) is 14.6. The highest BCUT2D eigenvalue weighted by Crippen LogP contribution is 2.33. The zero-order chi connectivity index (χ0) is 23.3. The van der Waals surface area contributed by atoms with E-state index >= 15 is 0 Å². The fourth-order valence-electron chi connectivity index (χ4n) is 3.42. The third kappa shape index (κ3) is 11.0. The van der Waals surface area contributed by atoms with Gasteiger partial charge in [-0.3, -0.25) is 4.90 Å². The Morgan fingerprint density at radius 1 is 1.10 bits per heavy atom.